The summed E-state index contributed by atoms with van der Waals surface area (Å²) in [4.78, 5) is 0. The van der Waals surface area contributed by atoms with Crippen LogP contribution in [0.4, 0.5) is 0 Å². The van der Waals surface area contributed by atoms with Gasteiger partial charge in [0.05, 0.1) is 27.6 Å². The molecule has 0 radical (unpaired) electrons. The van der Waals surface area contributed by atoms with E-state index in [1.807, 2.05) is 0 Å². The largest absolute Gasteiger partial charge is 0.309 e. The number of hydrogen-bond acceptors (Lipinski definition) is 0. The minimum Gasteiger partial charge on any atom is -0.309 e. The molecule has 0 aliphatic heterocycles. The molecule has 2 nitrogen and oxygen atoms in total. The molecule has 0 saturated heterocycles. The molecule has 0 saturated carbocycles. The molecule has 12 rings (SSSR count). The van der Waals surface area contributed by atoms with Gasteiger partial charge in [0.2, 0.25) is 0 Å². The van der Waals surface area contributed by atoms with Crippen LogP contribution < -0.4 is 0 Å². The zero-order valence-electron chi connectivity index (χ0n) is 29.8. The number of rotatable bonds is 4. The Morgan fingerprint density at radius 1 is 0.389 bits per heavy atom. The third kappa shape index (κ3) is 4.17. The van der Waals surface area contributed by atoms with Gasteiger partial charge in [-0.05, 0) is 111 Å². The topological polar surface area (TPSA) is 9.34 Å². The number of hydrogen-bond donors (Lipinski definition) is 0. The van der Waals surface area contributed by atoms with Gasteiger partial charge >= 0.3 is 0 Å². The van der Waals surface area contributed by atoms with Crippen LogP contribution in [0.2, 0.25) is 0 Å². The first kappa shape index (κ1) is 29.7. The summed E-state index contributed by atoms with van der Waals surface area (Å²) in [6.45, 7) is 2.20. The Kier molecular flexibility index (Phi) is 6.07. The summed E-state index contributed by atoms with van der Waals surface area (Å²) in [5.41, 5.74) is 14.1. The molecule has 12 aromatic rings. The third-order valence-corrected chi connectivity index (χ3v) is 12.0. The van der Waals surface area contributed by atoms with E-state index in [2.05, 4.69) is 192 Å². The first-order chi connectivity index (χ1) is 26.7. The van der Waals surface area contributed by atoms with Gasteiger partial charge in [-0.15, -0.1) is 0 Å². The number of para-hydroxylation sites is 3. The fourth-order valence-electron chi connectivity index (χ4n) is 9.48. The molecular weight excluding hydrogens is 653 g/mol. The van der Waals surface area contributed by atoms with Crippen molar-refractivity contribution in [1.29, 1.82) is 0 Å². The quantitative estimate of drug-likeness (QED) is 0.174. The van der Waals surface area contributed by atoms with E-state index in [4.69, 9.17) is 0 Å². The van der Waals surface area contributed by atoms with Gasteiger partial charge in [-0.1, -0.05) is 127 Å². The van der Waals surface area contributed by atoms with Crippen LogP contribution in [-0.2, 0) is 6.42 Å². The number of nitrogens with zero attached hydrogens (tertiary/aromatic N) is 2. The molecule has 0 unspecified atom stereocenters. The van der Waals surface area contributed by atoms with Crippen LogP contribution in [0.25, 0.3) is 98.3 Å². The van der Waals surface area contributed by atoms with Crippen LogP contribution >= 0.6 is 0 Å². The zero-order chi connectivity index (χ0) is 35.5. The van der Waals surface area contributed by atoms with Crippen molar-refractivity contribution in [3.8, 4) is 16.8 Å². The van der Waals surface area contributed by atoms with Gasteiger partial charge in [-0.3, -0.25) is 0 Å². The van der Waals surface area contributed by atoms with Crippen molar-refractivity contribution in [2.24, 2.45) is 0 Å². The van der Waals surface area contributed by atoms with Crippen LogP contribution in [0.15, 0.2) is 176 Å². The predicted octanol–water partition coefficient (Wildman–Crippen LogP) is 13.8. The molecule has 0 amide bonds. The minimum atomic E-state index is 0.884. The Labute approximate surface area is 312 Å². The molecule has 0 bridgehead atoms. The lowest BCUT2D eigenvalue weighted by Crippen LogP contribution is -1.94. The molecule has 0 atom stereocenters. The number of aromatic nitrogens is 2. The van der Waals surface area contributed by atoms with Gasteiger partial charge in [0.15, 0.2) is 0 Å². The molecule has 3 heterocycles. The summed E-state index contributed by atoms with van der Waals surface area (Å²) in [7, 11) is 0. The van der Waals surface area contributed by atoms with Crippen molar-refractivity contribution in [1.82, 2.24) is 8.97 Å². The van der Waals surface area contributed by atoms with Gasteiger partial charge in [0, 0.05) is 38.0 Å². The molecule has 252 valence electrons. The van der Waals surface area contributed by atoms with Crippen LogP contribution in [0, 0.1) is 6.92 Å². The Morgan fingerprint density at radius 3 is 1.67 bits per heavy atom. The Bertz CT molecular complexity index is 3430. The van der Waals surface area contributed by atoms with E-state index < -0.39 is 0 Å². The SMILES string of the molecule is Cc1ccccc1-c1ccccc1Cc1ccc2cc3c4cccc5c6cc7ccc(-n8c9ccccc9c9ccccc98)cc7cc6n(c3cc2c1)c45. The van der Waals surface area contributed by atoms with Gasteiger partial charge < -0.3 is 8.97 Å². The summed E-state index contributed by atoms with van der Waals surface area (Å²) in [6.07, 6.45) is 0.884. The lowest BCUT2D eigenvalue weighted by atomic mass is 9.92. The molecule has 0 spiro atoms. The molecule has 0 aliphatic carbocycles. The number of fused-ring (bicyclic) bond motifs is 11. The second kappa shape index (κ2) is 11.1. The highest BCUT2D eigenvalue weighted by molar-refractivity contribution is 6.26. The van der Waals surface area contributed by atoms with E-state index in [0.717, 1.165) is 6.42 Å². The van der Waals surface area contributed by atoms with Gasteiger partial charge in [-0.2, -0.15) is 0 Å². The van der Waals surface area contributed by atoms with Gasteiger partial charge in [-0.25, -0.2) is 0 Å². The molecule has 3 aromatic heterocycles. The highest BCUT2D eigenvalue weighted by Gasteiger charge is 2.19. The fourth-order valence-corrected chi connectivity index (χ4v) is 9.48. The lowest BCUT2D eigenvalue weighted by Gasteiger charge is -2.13. The summed E-state index contributed by atoms with van der Waals surface area (Å²) < 4.78 is 4.94. The van der Waals surface area contributed by atoms with Crippen LogP contribution in [-0.4, -0.2) is 8.97 Å². The van der Waals surface area contributed by atoms with Crippen LogP contribution in [0.5, 0.6) is 0 Å². The standard InChI is InChI=1S/C52H34N2/c1-32-11-2-4-13-40(32)41-14-5-3-12-36(41)25-33-21-22-34-28-46-44-17-10-18-45-47-29-35-23-24-39(53-48-19-8-6-15-42(48)43-16-7-9-20-49(43)53)27-38(35)31-51(47)54(52(44)45)50(46)30-37(34)26-33/h2-24,26-31H,25H2,1H3. The maximum atomic E-state index is 2.53. The predicted molar refractivity (Wildman–Crippen MR) is 230 cm³/mol. The average molecular weight is 687 g/mol. The van der Waals surface area contributed by atoms with Crippen molar-refractivity contribution in [2.75, 3.05) is 0 Å². The summed E-state index contributed by atoms with van der Waals surface area (Å²) in [5, 5.41) is 12.8. The Balaban J connectivity index is 1.05. The van der Waals surface area contributed by atoms with Crippen molar-refractivity contribution in [3.05, 3.63) is 193 Å². The van der Waals surface area contributed by atoms with E-state index in [-0.39, 0.29) is 0 Å². The Hall–Kier alpha value is -6.90. The molecule has 0 fully saturated rings. The maximum absolute atomic E-state index is 2.53. The monoisotopic (exact) mass is 686 g/mol. The lowest BCUT2D eigenvalue weighted by molar-refractivity contribution is 1.19. The maximum Gasteiger partial charge on any atom is 0.0620 e. The highest BCUT2D eigenvalue weighted by atomic mass is 15.0. The molecule has 54 heavy (non-hydrogen) atoms. The first-order valence-corrected chi connectivity index (χ1v) is 18.9. The second-order valence-electron chi connectivity index (χ2n) is 15.0. The first-order valence-electron chi connectivity index (χ1n) is 18.9. The number of benzene rings is 9. The summed E-state index contributed by atoms with van der Waals surface area (Å²) >= 11 is 0. The minimum absolute atomic E-state index is 0.884. The summed E-state index contributed by atoms with van der Waals surface area (Å²) in [5.74, 6) is 0. The zero-order valence-corrected chi connectivity index (χ0v) is 29.8. The van der Waals surface area contributed by atoms with E-state index in [1.165, 1.54) is 115 Å². The van der Waals surface area contributed by atoms with Crippen LogP contribution in [0.3, 0.4) is 0 Å². The number of aryl methyl sites for hydroxylation is 1. The third-order valence-electron chi connectivity index (χ3n) is 12.0. The normalized spacial score (nSPS) is 12.2. The van der Waals surface area contributed by atoms with Gasteiger partial charge in [0.25, 0.3) is 0 Å². The van der Waals surface area contributed by atoms with E-state index >= 15 is 0 Å². The van der Waals surface area contributed by atoms with E-state index in [9.17, 15) is 0 Å². The molecule has 2 heteroatoms. The fraction of sp³-hybridized carbons (Fsp3) is 0.0385. The molecule has 0 N–H and O–H groups in total. The molecule has 9 aromatic carbocycles. The smallest absolute Gasteiger partial charge is 0.0620 e. The van der Waals surface area contributed by atoms with Crippen molar-refractivity contribution >= 4 is 81.4 Å². The van der Waals surface area contributed by atoms with E-state index in [0.29, 0.717) is 0 Å². The van der Waals surface area contributed by atoms with E-state index in [1.54, 1.807) is 0 Å². The van der Waals surface area contributed by atoms with Crippen LogP contribution in [0.1, 0.15) is 16.7 Å². The highest BCUT2D eigenvalue weighted by Crippen LogP contribution is 2.42. The average Bonchev–Trinajstić information content (AvgIpc) is 3.84. The second-order valence-corrected chi connectivity index (χ2v) is 15.0. The Morgan fingerprint density at radius 2 is 0.963 bits per heavy atom. The van der Waals surface area contributed by atoms with Crippen molar-refractivity contribution in [3.63, 3.8) is 0 Å². The van der Waals surface area contributed by atoms with Gasteiger partial charge in [0.1, 0.15) is 0 Å². The summed E-state index contributed by atoms with van der Waals surface area (Å²) in [6, 6.07) is 65.5. The molecular formula is C52H34N2. The molecule has 0 aliphatic rings. The van der Waals surface area contributed by atoms with Crippen molar-refractivity contribution in [2.45, 2.75) is 13.3 Å². The van der Waals surface area contributed by atoms with Crippen molar-refractivity contribution < 1.29 is 0 Å².